The molecule has 0 radical (unpaired) electrons. The Morgan fingerprint density at radius 2 is 2.10 bits per heavy atom. The fraction of sp³-hybridized carbons (Fsp3) is 0.632. The van der Waals surface area contributed by atoms with Crippen LogP contribution in [0.1, 0.15) is 39.0 Å². The van der Waals surface area contributed by atoms with Crippen molar-refractivity contribution in [2.45, 2.75) is 43.9 Å². The summed E-state index contributed by atoms with van der Waals surface area (Å²) < 4.78 is 26.9. The van der Waals surface area contributed by atoms with Gasteiger partial charge in [-0.2, -0.15) is 0 Å². The van der Waals surface area contributed by atoms with Crippen molar-refractivity contribution in [1.29, 1.82) is 0 Å². The smallest absolute Gasteiger partial charge is 0.242 e. The number of carbonyl (C=O) groups is 1. The van der Waals surface area contributed by atoms with E-state index in [1.165, 1.54) is 18.5 Å². The molecular formula is C19H32N6O3S. The summed E-state index contributed by atoms with van der Waals surface area (Å²) in [5.74, 6) is 0.882. The molecule has 1 amide bonds. The molecule has 3 N–H and O–H groups in total. The number of nitrogens with zero attached hydrogens (tertiary/aromatic N) is 3. The van der Waals surface area contributed by atoms with Crippen LogP contribution in [0.4, 0.5) is 0 Å². The standard InChI is InChI=1S/C19H32N6O3S/c1-2-21-19(22-11-7-15-25-14-5-3-4-9-18(25)26)23-12-13-24-29(27,28)17-8-6-10-20-16-17/h6,8,10,16,24H,2-5,7,9,11-15H2,1H3,(H2,21,22,23). The van der Waals surface area contributed by atoms with E-state index >= 15 is 0 Å². The lowest BCUT2D eigenvalue weighted by Crippen LogP contribution is -2.41. The number of likely N-dealkylation sites (tertiary alicyclic amines) is 1. The number of aromatic nitrogens is 1. The zero-order valence-corrected chi connectivity index (χ0v) is 17.9. The molecule has 1 aromatic rings. The lowest BCUT2D eigenvalue weighted by atomic mass is 10.2. The highest BCUT2D eigenvalue weighted by Crippen LogP contribution is 2.11. The van der Waals surface area contributed by atoms with Crippen molar-refractivity contribution >= 4 is 21.9 Å². The first-order valence-electron chi connectivity index (χ1n) is 10.2. The zero-order chi connectivity index (χ0) is 21.0. The summed E-state index contributed by atoms with van der Waals surface area (Å²) >= 11 is 0. The van der Waals surface area contributed by atoms with Crippen molar-refractivity contribution in [3.8, 4) is 0 Å². The van der Waals surface area contributed by atoms with Gasteiger partial charge in [0.1, 0.15) is 4.90 Å². The lowest BCUT2D eigenvalue weighted by Gasteiger charge is -2.20. The predicted molar refractivity (Wildman–Crippen MR) is 113 cm³/mol. The van der Waals surface area contributed by atoms with Gasteiger partial charge in [-0.15, -0.1) is 0 Å². The second-order valence-electron chi connectivity index (χ2n) is 6.82. The number of pyridine rings is 1. The third-order valence-electron chi connectivity index (χ3n) is 4.53. The van der Waals surface area contributed by atoms with Crippen molar-refractivity contribution in [3.05, 3.63) is 24.5 Å². The maximum atomic E-state index is 12.2. The molecular weight excluding hydrogens is 392 g/mol. The zero-order valence-electron chi connectivity index (χ0n) is 17.1. The molecule has 2 rings (SSSR count). The highest BCUT2D eigenvalue weighted by Gasteiger charge is 2.15. The number of amides is 1. The van der Waals surface area contributed by atoms with Gasteiger partial charge in [-0.25, -0.2) is 13.1 Å². The van der Waals surface area contributed by atoms with E-state index in [0.717, 1.165) is 38.8 Å². The molecule has 162 valence electrons. The summed E-state index contributed by atoms with van der Waals surface area (Å²) in [6.45, 7) is 5.47. The van der Waals surface area contributed by atoms with Gasteiger partial charge in [0.2, 0.25) is 15.9 Å². The van der Waals surface area contributed by atoms with Crippen LogP contribution in [0.5, 0.6) is 0 Å². The van der Waals surface area contributed by atoms with Crippen LogP contribution >= 0.6 is 0 Å². The van der Waals surface area contributed by atoms with E-state index in [1.807, 2.05) is 11.8 Å². The van der Waals surface area contributed by atoms with Crippen LogP contribution in [-0.2, 0) is 14.8 Å². The van der Waals surface area contributed by atoms with E-state index in [1.54, 1.807) is 6.07 Å². The fourth-order valence-electron chi connectivity index (χ4n) is 3.02. The van der Waals surface area contributed by atoms with Crippen molar-refractivity contribution < 1.29 is 13.2 Å². The highest BCUT2D eigenvalue weighted by molar-refractivity contribution is 7.89. The molecule has 0 saturated carbocycles. The molecule has 0 bridgehead atoms. The molecule has 1 aromatic heterocycles. The Bertz CT molecular complexity index is 754. The molecule has 10 heteroatoms. The fourth-order valence-corrected chi connectivity index (χ4v) is 4.02. The number of aliphatic imine (C=N–C) groups is 1. The SMILES string of the molecule is CCNC(=NCCCN1CCCCCC1=O)NCCNS(=O)(=O)c1cccnc1. The number of guanidine groups is 1. The quantitative estimate of drug-likeness (QED) is 0.289. The van der Waals surface area contributed by atoms with Gasteiger partial charge in [0.05, 0.1) is 0 Å². The number of carbonyl (C=O) groups excluding carboxylic acids is 1. The minimum absolute atomic E-state index is 0.142. The minimum atomic E-state index is -3.56. The molecule has 1 fully saturated rings. The summed E-state index contributed by atoms with van der Waals surface area (Å²) in [5.41, 5.74) is 0. The van der Waals surface area contributed by atoms with Gasteiger partial charge in [0, 0.05) is 58.1 Å². The monoisotopic (exact) mass is 424 g/mol. The van der Waals surface area contributed by atoms with E-state index in [4.69, 9.17) is 0 Å². The summed E-state index contributed by atoms with van der Waals surface area (Å²) in [5, 5.41) is 6.26. The molecule has 0 spiro atoms. The average molecular weight is 425 g/mol. The van der Waals surface area contributed by atoms with Crippen LogP contribution in [0.25, 0.3) is 0 Å². The molecule has 2 heterocycles. The first-order valence-corrected chi connectivity index (χ1v) is 11.7. The second-order valence-corrected chi connectivity index (χ2v) is 8.59. The van der Waals surface area contributed by atoms with Gasteiger partial charge >= 0.3 is 0 Å². The van der Waals surface area contributed by atoms with E-state index in [2.05, 4.69) is 25.3 Å². The third kappa shape index (κ3) is 8.36. The highest BCUT2D eigenvalue weighted by atomic mass is 32.2. The maximum absolute atomic E-state index is 12.2. The normalized spacial score (nSPS) is 15.8. The first-order chi connectivity index (χ1) is 14.0. The maximum Gasteiger partial charge on any atom is 0.242 e. The van der Waals surface area contributed by atoms with Crippen LogP contribution < -0.4 is 15.4 Å². The van der Waals surface area contributed by atoms with Gasteiger partial charge in [-0.1, -0.05) is 6.42 Å². The second kappa shape index (κ2) is 12.4. The van der Waals surface area contributed by atoms with Crippen molar-refractivity contribution in [3.63, 3.8) is 0 Å². The third-order valence-corrected chi connectivity index (χ3v) is 5.97. The Balaban J connectivity index is 1.72. The van der Waals surface area contributed by atoms with Gasteiger partial charge in [-0.3, -0.25) is 14.8 Å². The average Bonchev–Trinajstić information content (AvgIpc) is 2.93. The molecule has 0 aliphatic carbocycles. The van der Waals surface area contributed by atoms with Crippen molar-refractivity contribution in [2.75, 3.05) is 39.3 Å². The number of nitrogens with one attached hydrogen (secondary N) is 3. The van der Waals surface area contributed by atoms with E-state index < -0.39 is 10.0 Å². The number of hydrogen-bond donors (Lipinski definition) is 3. The molecule has 1 aliphatic rings. The molecule has 0 atom stereocenters. The van der Waals surface area contributed by atoms with Crippen molar-refractivity contribution in [1.82, 2.24) is 25.2 Å². The number of hydrogen-bond acceptors (Lipinski definition) is 5. The Morgan fingerprint density at radius 3 is 2.86 bits per heavy atom. The summed E-state index contributed by atoms with van der Waals surface area (Å²) in [6, 6.07) is 3.09. The number of rotatable bonds is 10. The lowest BCUT2D eigenvalue weighted by molar-refractivity contribution is -0.130. The van der Waals surface area contributed by atoms with E-state index in [0.29, 0.717) is 32.0 Å². The first kappa shape index (κ1) is 23.1. The molecule has 0 aromatic carbocycles. The Kier molecular flexibility index (Phi) is 9.85. The van der Waals surface area contributed by atoms with Crippen LogP contribution in [0, 0.1) is 0 Å². The summed E-state index contributed by atoms with van der Waals surface area (Å²) in [6.07, 6.45) is 7.50. The van der Waals surface area contributed by atoms with Crippen LogP contribution in [0.3, 0.4) is 0 Å². The van der Waals surface area contributed by atoms with E-state index in [9.17, 15) is 13.2 Å². The Morgan fingerprint density at radius 1 is 1.24 bits per heavy atom. The topological polar surface area (TPSA) is 116 Å². The summed E-state index contributed by atoms with van der Waals surface area (Å²) in [7, 11) is -3.56. The van der Waals surface area contributed by atoms with Gasteiger partial charge in [0.25, 0.3) is 0 Å². The van der Waals surface area contributed by atoms with Crippen molar-refractivity contribution in [2.24, 2.45) is 4.99 Å². The number of sulfonamides is 1. The largest absolute Gasteiger partial charge is 0.357 e. The minimum Gasteiger partial charge on any atom is -0.357 e. The van der Waals surface area contributed by atoms with Crippen LogP contribution in [-0.4, -0.2) is 69.4 Å². The summed E-state index contributed by atoms with van der Waals surface area (Å²) in [4.78, 5) is 22.4. The van der Waals surface area contributed by atoms with Crippen LogP contribution in [0.2, 0.25) is 0 Å². The predicted octanol–water partition coefficient (Wildman–Crippen LogP) is 0.708. The molecule has 1 saturated heterocycles. The molecule has 9 nitrogen and oxygen atoms in total. The van der Waals surface area contributed by atoms with Crippen LogP contribution in [0.15, 0.2) is 34.4 Å². The molecule has 0 unspecified atom stereocenters. The molecule has 1 aliphatic heterocycles. The van der Waals surface area contributed by atoms with Gasteiger partial charge in [-0.05, 0) is 38.3 Å². The molecule has 29 heavy (non-hydrogen) atoms. The van der Waals surface area contributed by atoms with Gasteiger partial charge in [0.15, 0.2) is 5.96 Å². The van der Waals surface area contributed by atoms with E-state index in [-0.39, 0.29) is 17.3 Å². The van der Waals surface area contributed by atoms with Gasteiger partial charge < -0.3 is 15.5 Å². The Labute approximate surface area is 173 Å². The Hall–Kier alpha value is -2.20.